The summed E-state index contributed by atoms with van der Waals surface area (Å²) < 4.78 is 13.0. The van der Waals surface area contributed by atoms with E-state index in [1.165, 1.54) is 44.2 Å². The van der Waals surface area contributed by atoms with Gasteiger partial charge in [0, 0.05) is 11.1 Å². The Morgan fingerprint density at radius 2 is 2.06 bits per heavy atom. The first kappa shape index (κ1) is 13.8. The van der Waals surface area contributed by atoms with Gasteiger partial charge in [0.15, 0.2) is 0 Å². The second-order valence-electron chi connectivity index (χ2n) is 5.30. The topological polar surface area (TPSA) is 12.0 Å². The fourth-order valence-electron chi connectivity index (χ4n) is 2.70. The number of halogens is 2. The molecule has 0 heterocycles. The Morgan fingerprint density at radius 1 is 1.33 bits per heavy atom. The van der Waals surface area contributed by atoms with Gasteiger partial charge in [-0.15, -0.1) is 0 Å². The zero-order chi connectivity index (χ0) is 13.0. The van der Waals surface area contributed by atoms with Gasteiger partial charge in [-0.3, -0.25) is 0 Å². The summed E-state index contributed by atoms with van der Waals surface area (Å²) in [5.41, 5.74) is 0.980. The lowest BCUT2D eigenvalue weighted by Crippen LogP contribution is -2.27. The summed E-state index contributed by atoms with van der Waals surface area (Å²) >= 11 is 6.07. The molecule has 3 heteroatoms. The highest BCUT2D eigenvalue weighted by Crippen LogP contribution is 2.26. The van der Waals surface area contributed by atoms with E-state index in [0.717, 1.165) is 18.0 Å². The average molecular weight is 270 g/mol. The van der Waals surface area contributed by atoms with E-state index in [2.05, 4.69) is 12.2 Å². The second-order valence-corrected chi connectivity index (χ2v) is 5.71. The summed E-state index contributed by atoms with van der Waals surface area (Å²) in [5.74, 6) is 0.517. The fourth-order valence-corrected chi connectivity index (χ4v) is 3.03. The molecule has 0 saturated heterocycles. The Hall–Kier alpha value is -0.600. The molecule has 1 aliphatic rings. The molecule has 1 fully saturated rings. The molecule has 0 spiro atoms. The molecule has 100 valence electrons. The van der Waals surface area contributed by atoms with Crippen LogP contribution in [0.25, 0.3) is 0 Å². The molecule has 1 N–H and O–H groups in total. The largest absolute Gasteiger partial charge is 0.310 e. The van der Waals surface area contributed by atoms with Crippen LogP contribution in [0.1, 0.15) is 50.6 Å². The maximum absolute atomic E-state index is 13.0. The third-order valence-electron chi connectivity index (χ3n) is 3.87. The van der Waals surface area contributed by atoms with Crippen LogP contribution in [0.4, 0.5) is 4.39 Å². The maximum Gasteiger partial charge on any atom is 0.124 e. The van der Waals surface area contributed by atoms with Gasteiger partial charge in [-0.25, -0.2) is 4.39 Å². The number of hydrogen-bond donors (Lipinski definition) is 1. The van der Waals surface area contributed by atoms with E-state index in [-0.39, 0.29) is 11.9 Å². The molecular formula is C15H21ClFN. The standard InChI is InChI=1S/C15H21ClFN/c1-11(14-8-7-13(17)9-15(14)16)18-10-12-5-3-2-4-6-12/h7-9,11-12,18H,2-6,10H2,1H3. The van der Waals surface area contributed by atoms with Crippen molar-refractivity contribution in [3.63, 3.8) is 0 Å². The minimum Gasteiger partial charge on any atom is -0.310 e. The second kappa shape index (κ2) is 6.53. The van der Waals surface area contributed by atoms with Crippen molar-refractivity contribution in [1.82, 2.24) is 5.32 Å². The lowest BCUT2D eigenvalue weighted by molar-refractivity contribution is 0.331. The average Bonchev–Trinajstić information content (AvgIpc) is 2.37. The van der Waals surface area contributed by atoms with Crippen molar-refractivity contribution in [3.8, 4) is 0 Å². The number of benzene rings is 1. The summed E-state index contributed by atoms with van der Waals surface area (Å²) in [6.07, 6.45) is 6.76. The van der Waals surface area contributed by atoms with Crippen molar-refractivity contribution in [2.75, 3.05) is 6.54 Å². The van der Waals surface area contributed by atoms with Gasteiger partial charge in [0.2, 0.25) is 0 Å². The van der Waals surface area contributed by atoms with Gasteiger partial charge >= 0.3 is 0 Å². The summed E-state index contributed by atoms with van der Waals surface area (Å²) in [5, 5.41) is 4.03. The van der Waals surface area contributed by atoms with Gasteiger partial charge < -0.3 is 5.32 Å². The molecule has 0 aliphatic heterocycles. The molecule has 1 aromatic rings. The quantitative estimate of drug-likeness (QED) is 0.835. The van der Waals surface area contributed by atoms with Crippen LogP contribution in [0.2, 0.25) is 5.02 Å². The first-order chi connectivity index (χ1) is 8.66. The van der Waals surface area contributed by atoms with Crippen molar-refractivity contribution in [2.45, 2.75) is 45.1 Å². The van der Waals surface area contributed by atoms with E-state index in [0.29, 0.717) is 5.02 Å². The smallest absolute Gasteiger partial charge is 0.124 e. The summed E-state index contributed by atoms with van der Waals surface area (Å²) in [6, 6.07) is 4.81. The van der Waals surface area contributed by atoms with Gasteiger partial charge in [0.05, 0.1) is 0 Å². The molecule has 1 aromatic carbocycles. The Bertz CT molecular complexity index is 388. The van der Waals surface area contributed by atoms with Gasteiger partial charge in [0.1, 0.15) is 5.82 Å². The molecule has 0 aromatic heterocycles. The Morgan fingerprint density at radius 3 is 2.72 bits per heavy atom. The Kier molecular flexibility index (Phi) is 5.02. The minimum atomic E-state index is -0.275. The highest BCUT2D eigenvalue weighted by atomic mass is 35.5. The molecule has 1 nitrogen and oxygen atoms in total. The summed E-state index contributed by atoms with van der Waals surface area (Å²) in [4.78, 5) is 0. The van der Waals surface area contributed by atoms with Gasteiger partial charge in [-0.05, 0) is 49.9 Å². The van der Waals surface area contributed by atoms with Crippen LogP contribution in [0.5, 0.6) is 0 Å². The Labute approximate surface area is 114 Å². The fraction of sp³-hybridized carbons (Fsp3) is 0.600. The molecule has 0 radical (unpaired) electrons. The third kappa shape index (κ3) is 3.69. The number of rotatable bonds is 4. The van der Waals surface area contributed by atoms with E-state index in [1.54, 1.807) is 6.07 Å². The van der Waals surface area contributed by atoms with E-state index in [4.69, 9.17) is 11.6 Å². The molecule has 18 heavy (non-hydrogen) atoms. The monoisotopic (exact) mass is 269 g/mol. The van der Waals surface area contributed by atoms with Crippen LogP contribution in [-0.4, -0.2) is 6.54 Å². The first-order valence-electron chi connectivity index (χ1n) is 6.85. The first-order valence-corrected chi connectivity index (χ1v) is 7.23. The molecule has 0 amide bonds. The lowest BCUT2D eigenvalue weighted by atomic mass is 9.89. The van der Waals surface area contributed by atoms with Crippen molar-refractivity contribution >= 4 is 11.6 Å². The van der Waals surface area contributed by atoms with Crippen molar-refractivity contribution in [1.29, 1.82) is 0 Å². The molecule has 1 unspecified atom stereocenters. The maximum atomic E-state index is 13.0. The normalized spacial score (nSPS) is 18.8. The highest BCUT2D eigenvalue weighted by Gasteiger charge is 2.15. The van der Waals surface area contributed by atoms with Gasteiger partial charge in [-0.2, -0.15) is 0 Å². The highest BCUT2D eigenvalue weighted by molar-refractivity contribution is 6.31. The van der Waals surface area contributed by atoms with E-state index < -0.39 is 0 Å². The number of nitrogens with one attached hydrogen (secondary N) is 1. The van der Waals surface area contributed by atoms with Crippen molar-refractivity contribution in [2.24, 2.45) is 5.92 Å². The van der Waals surface area contributed by atoms with Crippen LogP contribution in [0, 0.1) is 11.7 Å². The van der Waals surface area contributed by atoms with Gasteiger partial charge in [0.25, 0.3) is 0 Å². The van der Waals surface area contributed by atoms with Crippen LogP contribution in [0.15, 0.2) is 18.2 Å². The van der Waals surface area contributed by atoms with Crippen LogP contribution < -0.4 is 5.32 Å². The predicted octanol–water partition coefficient (Wildman–Crippen LogP) is 4.71. The number of hydrogen-bond acceptors (Lipinski definition) is 1. The molecule has 1 atom stereocenters. The Balaban J connectivity index is 1.88. The summed E-state index contributed by atoms with van der Waals surface area (Å²) in [7, 11) is 0. The zero-order valence-electron chi connectivity index (χ0n) is 10.9. The van der Waals surface area contributed by atoms with Crippen molar-refractivity contribution < 1.29 is 4.39 Å². The van der Waals surface area contributed by atoms with Crippen LogP contribution in [0.3, 0.4) is 0 Å². The van der Waals surface area contributed by atoms with Gasteiger partial charge in [-0.1, -0.05) is 36.9 Å². The van der Waals surface area contributed by atoms with Crippen LogP contribution in [-0.2, 0) is 0 Å². The van der Waals surface area contributed by atoms with E-state index in [9.17, 15) is 4.39 Å². The van der Waals surface area contributed by atoms with Crippen molar-refractivity contribution in [3.05, 3.63) is 34.6 Å². The molecular weight excluding hydrogens is 249 g/mol. The molecule has 1 saturated carbocycles. The minimum absolute atomic E-state index is 0.181. The zero-order valence-corrected chi connectivity index (χ0v) is 11.6. The molecule has 1 aliphatic carbocycles. The molecule has 0 bridgehead atoms. The third-order valence-corrected chi connectivity index (χ3v) is 4.19. The SMILES string of the molecule is CC(NCC1CCCCC1)c1ccc(F)cc1Cl. The molecule has 2 rings (SSSR count). The summed E-state index contributed by atoms with van der Waals surface area (Å²) in [6.45, 7) is 3.12. The van der Waals surface area contributed by atoms with E-state index >= 15 is 0 Å². The lowest BCUT2D eigenvalue weighted by Gasteiger charge is -2.24. The van der Waals surface area contributed by atoms with Crippen LogP contribution >= 0.6 is 11.6 Å². The predicted molar refractivity (Wildman–Crippen MR) is 74.4 cm³/mol. The van der Waals surface area contributed by atoms with E-state index in [1.807, 2.05) is 0 Å².